The molecular formula is C12H12BrFO. The fourth-order valence-electron chi connectivity index (χ4n) is 2.09. The molecule has 80 valence electrons. The van der Waals surface area contributed by atoms with E-state index in [9.17, 15) is 9.18 Å². The molecule has 2 rings (SSSR count). The van der Waals surface area contributed by atoms with E-state index in [2.05, 4.69) is 15.9 Å². The summed E-state index contributed by atoms with van der Waals surface area (Å²) in [6.07, 6.45) is 3.65. The maximum Gasteiger partial charge on any atom is 0.150 e. The van der Waals surface area contributed by atoms with Crippen LogP contribution in [-0.4, -0.2) is 13.0 Å². The van der Waals surface area contributed by atoms with Crippen molar-refractivity contribution >= 4 is 22.2 Å². The molecule has 1 aliphatic carbocycles. The SMILES string of the molecule is O=Cc1cc(Br)cc(C2(CF)CCC2)c1. The van der Waals surface area contributed by atoms with Crippen LogP contribution in [0.5, 0.6) is 0 Å². The monoisotopic (exact) mass is 270 g/mol. The Hall–Kier alpha value is -0.700. The predicted octanol–water partition coefficient (Wildman–Crippen LogP) is 3.65. The van der Waals surface area contributed by atoms with Crippen LogP contribution in [-0.2, 0) is 5.41 Å². The quantitative estimate of drug-likeness (QED) is 0.767. The van der Waals surface area contributed by atoms with Gasteiger partial charge in [0.2, 0.25) is 0 Å². The Balaban J connectivity index is 2.42. The molecule has 0 unspecified atom stereocenters. The molecule has 3 heteroatoms. The van der Waals surface area contributed by atoms with Crippen LogP contribution < -0.4 is 0 Å². The number of rotatable bonds is 3. The van der Waals surface area contributed by atoms with Gasteiger partial charge in [-0.3, -0.25) is 9.18 Å². The molecule has 0 aromatic heterocycles. The van der Waals surface area contributed by atoms with Gasteiger partial charge in [0.05, 0.1) is 6.67 Å². The molecule has 1 nitrogen and oxygen atoms in total. The lowest BCUT2D eigenvalue weighted by Gasteiger charge is -2.40. The minimum atomic E-state index is -0.332. The first-order valence-corrected chi connectivity index (χ1v) is 5.82. The molecule has 0 amide bonds. The molecule has 0 atom stereocenters. The Bertz CT molecular complexity index is 380. The van der Waals surface area contributed by atoms with Gasteiger partial charge in [0.1, 0.15) is 6.29 Å². The smallest absolute Gasteiger partial charge is 0.150 e. The average molecular weight is 271 g/mol. The van der Waals surface area contributed by atoms with Crippen LogP contribution in [0.15, 0.2) is 22.7 Å². The fourth-order valence-corrected chi connectivity index (χ4v) is 2.60. The van der Waals surface area contributed by atoms with Crippen LogP contribution in [0, 0.1) is 0 Å². The molecule has 0 spiro atoms. The number of carbonyl (C=O) groups excluding carboxylic acids is 1. The van der Waals surface area contributed by atoms with Gasteiger partial charge in [0.25, 0.3) is 0 Å². The highest BCUT2D eigenvalue weighted by molar-refractivity contribution is 9.10. The number of hydrogen-bond acceptors (Lipinski definition) is 1. The van der Waals surface area contributed by atoms with Crippen molar-refractivity contribution in [3.63, 3.8) is 0 Å². The molecule has 0 N–H and O–H groups in total. The van der Waals surface area contributed by atoms with E-state index in [0.29, 0.717) is 5.56 Å². The van der Waals surface area contributed by atoms with Gasteiger partial charge in [-0.2, -0.15) is 0 Å². The Morgan fingerprint density at radius 1 is 1.40 bits per heavy atom. The zero-order valence-corrected chi connectivity index (χ0v) is 9.89. The van der Waals surface area contributed by atoms with E-state index >= 15 is 0 Å². The van der Waals surface area contributed by atoms with E-state index in [1.165, 1.54) is 0 Å². The summed E-state index contributed by atoms with van der Waals surface area (Å²) in [6, 6.07) is 5.48. The van der Waals surface area contributed by atoms with Crippen LogP contribution >= 0.6 is 15.9 Å². The van der Waals surface area contributed by atoms with Crippen LogP contribution in [0.25, 0.3) is 0 Å². The van der Waals surface area contributed by atoms with Gasteiger partial charge in [-0.05, 0) is 36.6 Å². The third-order valence-corrected chi connectivity index (χ3v) is 3.69. The number of aldehydes is 1. The van der Waals surface area contributed by atoms with Crippen LogP contribution in [0.2, 0.25) is 0 Å². The maximum absolute atomic E-state index is 13.0. The molecule has 0 saturated heterocycles. The minimum absolute atomic E-state index is 0.318. The summed E-state index contributed by atoms with van der Waals surface area (Å²) in [5.41, 5.74) is 1.24. The molecular weight excluding hydrogens is 259 g/mol. The second-order valence-electron chi connectivity index (χ2n) is 4.16. The van der Waals surface area contributed by atoms with Crippen molar-refractivity contribution in [1.82, 2.24) is 0 Å². The molecule has 1 aromatic carbocycles. The summed E-state index contributed by atoms with van der Waals surface area (Å²) in [5.74, 6) is 0. The highest BCUT2D eigenvalue weighted by Gasteiger charge is 2.39. The molecule has 0 aliphatic heterocycles. The van der Waals surface area contributed by atoms with E-state index in [1.54, 1.807) is 12.1 Å². The van der Waals surface area contributed by atoms with E-state index < -0.39 is 0 Å². The summed E-state index contributed by atoms with van der Waals surface area (Å²) in [4.78, 5) is 10.7. The third kappa shape index (κ3) is 1.85. The summed E-state index contributed by atoms with van der Waals surface area (Å²) in [5, 5.41) is 0. The predicted molar refractivity (Wildman–Crippen MR) is 61.0 cm³/mol. The number of benzene rings is 1. The molecule has 0 bridgehead atoms. The Morgan fingerprint density at radius 3 is 2.60 bits per heavy atom. The first-order valence-electron chi connectivity index (χ1n) is 5.02. The van der Waals surface area contributed by atoms with Crippen molar-refractivity contribution in [1.29, 1.82) is 0 Å². The number of carbonyl (C=O) groups is 1. The van der Waals surface area contributed by atoms with Crippen LogP contribution in [0.4, 0.5) is 4.39 Å². The number of alkyl halides is 1. The van der Waals surface area contributed by atoms with Gasteiger partial charge in [0, 0.05) is 15.5 Å². The lowest BCUT2D eigenvalue weighted by Crippen LogP contribution is -2.36. The Kier molecular flexibility index (Phi) is 2.91. The lowest BCUT2D eigenvalue weighted by atomic mass is 9.65. The average Bonchev–Trinajstić information content (AvgIpc) is 2.16. The second-order valence-corrected chi connectivity index (χ2v) is 5.07. The highest BCUT2D eigenvalue weighted by Crippen LogP contribution is 2.44. The molecule has 1 saturated carbocycles. The van der Waals surface area contributed by atoms with Crippen molar-refractivity contribution in [3.05, 3.63) is 33.8 Å². The van der Waals surface area contributed by atoms with Crippen molar-refractivity contribution in [2.24, 2.45) is 0 Å². The second kappa shape index (κ2) is 4.05. The van der Waals surface area contributed by atoms with E-state index in [-0.39, 0.29) is 12.1 Å². The fraction of sp³-hybridized carbons (Fsp3) is 0.417. The summed E-state index contributed by atoms with van der Waals surface area (Å²) in [6.45, 7) is -0.332. The molecule has 0 heterocycles. The van der Waals surface area contributed by atoms with Gasteiger partial charge in [-0.15, -0.1) is 0 Å². The number of hydrogen-bond donors (Lipinski definition) is 0. The largest absolute Gasteiger partial charge is 0.298 e. The first kappa shape index (κ1) is 10.8. The number of halogens is 2. The lowest BCUT2D eigenvalue weighted by molar-refractivity contribution is 0.112. The zero-order valence-electron chi connectivity index (χ0n) is 8.30. The molecule has 15 heavy (non-hydrogen) atoms. The first-order chi connectivity index (χ1) is 7.20. The minimum Gasteiger partial charge on any atom is -0.298 e. The standard InChI is InChI=1S/C12H12BrFO/c13-11-5-9(7-15)4-10(6-11)12(8-14)2-1-3-12/h4-7H,1-3,8H2. The normalized spacial score (nSPS) is 18.3. The van der Waals surface area contributed by atoms with Crippen LogP contribution in [0.1, 0.15) is 35.2 Å². The van der Waals surface area contributed by atoms with Gasteiger partial charge in [0.15, 0.2) is 0 Å². The third-order valence-electron chi connectivity index (χ3n) is 3.24. The highest BCUT2D eigenvalue weighted by atomic mass is 79.9. The topological polar surface area (TPSA) is 17.1 Å². The van der Waals surface area contributed by atoms with E-state index in [0.717, 1.165) is 35.6 Å². The van der Waals surface area contributed by atoms with Crippen molar-refractivity contribution in [2.75, 3.05) is 6.67 Å². The molecule has 0 radical (unpaired) electrons. The van der Waals surface area contributed by atoms with Crippen LogP contribution in [0.3, 0.4) is 0 Å². The van der Waals surface area contributed by atoms with Gasteiger partial charge < -0.3 is 0 Å². The van der Waals surface area contributed by atoms with Crippen molar-refractivity contribution in [2.45, 2.75) is 24.7 Å². The van der Waals surface area contributed by atoms with E-state index in [1.807, 2.05) is 6.07 Å². The molecule has 1 fully saturated rings. The zero-order chi connectivity index (χ0) is 10.9. The summed E-state index contributed by atoms with van der Waals surface area (Å²) >= 11 is 3.35. The summed E-state index contributed by atoms with van der Waals surface area (Å²) in [7, 11) is 0. The molecule has 1 aliphatic rings. The van der Waals surface area contributed by atoms with Crippen molar-refractivity contribution < 1.29 is 9.18 Å². The van der Waals surface area contributed by atoms with Crippen molar-refractivity contribution in [3.8, 4) is 0 Å². The maximum atomic E-state index is 13.0. The van der Waals surface area contributed by atoms with E-state index in [4.69, 9.17) is 0 Å². The molecule has 1 aromatic rings. The van der Waals surface area contributed by atoms with Gasteiger partial charge >= 0.3 is 0 Å². The Morgan fingerprint density at radius 2 is 2.13 bits per heavy atom. The summed E-state index contributed by atoms with van der Waals surface area (Å²) < 4.78 is 13.9. The van der Waals surface area contributed by atoms with Gasteiger partial charge in [-0.25, -0.2) is 0 Å². The van der Waals surface area contributed by atoms with Gasteiger partial charge in [-0.1, -0.05) is 22.4 Å². The Labute approximate surface area is 96.8 Å².